The van der Waals surface area contributed by atoms with Crippen LogP contribution in [0.4, 0.5) is 5.69 Å². The Balaban J connectivity index is 2.17. The second-order valence-corrected chi connectivity index (χ2v) is 5.96. The van der Waals surface area contributed by atoms with E-state index in [1.807, 2.05) is 13.4 Å². The summed E-state index contributed by atoms with van der Waals surface area (Å²) in [6.07, 6.45) is 5.23. The molecule has 4 nitrogen and oxygen atoms in total. The van der Waals surface area contributed by atoms with Crippen LogP contribution in [0.2, 0.25) is 0 Å². The average Bonchev–Trinajstić information content (AvgIpc) is 2.53. The Kier molecular flexibility index (Phi) is 6.25. The molecular formula is C18H28N2O2. The van der Waals surface area contributed by atoms with Crippen molar-refractivity contribution in [2.75, 3.05) is 33.9 Å². The van der Waals surface area contributed by atoms with Crippen molar-refractivity contribution >= 4 is 12.0 Å². The quantitative estimate of drug-likeness (QED) is 0.435. The molecule has 4 heteroatoms. The standard InChI is InChI=1S/C18H28N2O2/c1-5-20(3)13-19-17-12-18-16(11-14(17)2)15(8-10-22-18)7-6-9-21-4/h11-13,15H,5-10H2,1-4H3/b19-13+. The molecule has 0 aliphatic carbocycles. The summed E-state index contributed by atoms with van der Waals surface area (Å²) >= 11 is 0. The molecule has 0 bridgehead atoms. The zero-order valence-corrected chi connectivity index (χ0v) is 14.3. The molecule has 0 saturated carbocycles. The molecule has 1 heterocycles. The van der Waals surface area contributed by atoms with E-state index in [0.717, 1.165) is 50.5 Å². The fourth-order valence-corrected chi connectivity index (χ4v) is 2.77. The van der Waals surface area contributed by atoms with Crippen LogP contribution >= 0.6 is 0 Å². The van der Waals surface area contributed by atoms with Crippen molar-refractivity contribution in [3.63, 3.8) is 0 Å². The number of fused-ring (bicyclic) bond motifs is 1. The van der Waals surface area contributed by atoms with Crippen LogP contribution in [0.1, 0.15) is 43.2 Å². The van der Waals surface area contributed by atoms with E-state index in [4.69, 9.17) is 9.47 Å². The highest BCUT2D eigenvalue weighted by atomic mass is 16.5. The van der Waals surface area contributed by atoms with E-state index in [-0.39, 0.29) is 0 Å². The summed E-state index contributed by atoms with van der Waals surface area (Å²) in [7, 11) is 3.79. The van der Waals surface area contributed by atoms with Gasteiger partial charge in [-0.2, -0.15) is 0 Å². The fourth-order valence-electron chi connectivity index (χ4n) is 2.77. The number of aryl methyl sites for hydroxylation is 1. The van der Waals surface area contributed by atoms with E-state index in [2.05, 4.69) is 35.9 Å². The van der Waals surface area contributed by atoms with Crippen LogP contribution in [0.3, 0.4) is 0 Å². The molecule has 1 aliphatic heterocycles. The van der Waals surface area contributed by atoms with Crippen molar-refractivity contribution in [1.82, 2.24) is 4.90 Å². The first-order valence-corrected chi connectivity index (χ1v) is 8.16. The molecular weight excluding hydrogens is 276 g/mol. The lowest BCUT2D eigenvalue weighted by Crippen LogP contribution is -2.15. The number of methoxy groups -OCH3 is 1. The maximum absolute atomic E-state index is 5.87. The number of ether oxygens (including phenoxy) is 2. The van der Waals surface area contributed by atoms with Gasteiger partial charge in [0.15, 0.2) is 0 Å². The molecule has 0 saturated heterocycles. The molecule has 0 spiro atoms. The smallest absolute Gasteiger partial charge is 0.124 e. The average molecular weight is 304 g/mol. The minimum Gasteiger partial charge on any atom is -0.493 e. The lowest BCUT2D eigenvalue weighted by atomic mass is 9.88. The van der Waals surface area contributed by atoms with E-state index in [9.17, 15) is 0 Å². The first-order chi connectivity index (χ1) is 10.7. The van der Waals surface area contributed by atoms with Crippen molar-refractivity contribution in [2.45, 2.75) is 39.0 Å². The van der Waals surface area contributed by atoms with Gasteiger partial charge in [-0.25, -0.2) is 4.99 Å². The van der Waals surface area contributed by atoms with E-state index < -0.39 is 0 Å². The number of hydrogen-bond acceptors (Lipinski definition) is 3. The molecule has 122 valence electrons. The third-order valence-corrected chi connectivity index (χ3v) is 4.29. The third kappa shape index (κ3) is 4.23. The summed E-state index contributed by atoms with van der Waals surface area (Å²) in [6, 6.07) is 4.34. The van der Waals surface area contributed by atoms with Gasteiger partial charge in [0.2, 0.25) is 0 Å². The van der Waals surface area contributed by atoms with Gasteiger partial charge >= 0.3 is 0 Å². The summed E-state index contributed by atoms with van der Waals surface area (Å²) in [5, 5.41) is 0. The summed E-state index contributed by atoms with van der Waals surface area (Å²) in [4.78, 5) is 6.65. The number of aliphatic imine (C=N–C) groups is 1. The highest BCUT2D eigenvalue weighted by Crippen LogP contribution is 2.40. The molecule has 0 radical (unpaired) electrons. The SMILES string of the molecule is CCN(C)/C=N/c1cc2c(cc1C)C(CCCOC)CCO2. The van der Waals surface area contributed by atoms with Crippen LogP contribution in [-0.2, 0) is 4.74 Å². The lowest BCUT2D eigenvalue weighted by Gasteiger charge is -2.27. The Morgan fingerprint density at radius 3 is 3.00 bits per heavy atom. The number of rotatable bonds is 7. The summed E-state index contributed by atoms with van der Waals surface area (Å²) in [5.74, 6) is 1.58. The van der Waals surface area contributed by atoms with Gasteiger partial charge in [0, 0.05) is 33.4 Å². The van der Waals surface area contributed by atoms with Crippen LogP contribution in [0.25, 0.3) is 0 Å². The highest BCUT2D eigenvalue weighted by Gasteiger charge is 2.22. The molecule has 1 aromatic rings. The second kappa shape index (κ2) is 8.18. The van der Waals surface area contributed by atoms with E-state index in [1.54, 1.807) is 7.11 Å². The normalized spacial score (nSPS) is 17.4. The van der Waals surface area contributed by atoms with Gasteiger partial charge in [-0.15, -0.1) is 0 Å². The molecule has 1 aliphatic rings. The number of hydrogen-bond donors (Lipinski definition) is 0. The topological polar surface area (TPSA) is 34.1 Å². The van der Waals surface area contributed by atoms with Crippen molar-refractivity contribution in [3.05, 3.63) is 23.3 Å². The van der Waals surface area contributed by atoms with Gasteiger partial charge in [-0.1, -0.05) is 0 Å². The van der Waals surface area contributed by atoms with Crippen molar-refractivity contribution in [3.8, 4) is 5.75 Å². The van der Waals surface area contributed by atoms with Gasteiger partial charge in [0.1, 0.15) is 5.75 Å². The van der Waals surface area contributed by atoms with Gasteiger partial charge in [0.25, 0.3) is 0 Å². The third-order valence-electron chi connectivity index (χ3n) is 4.29. The van der Waals surface area contributed by atoms with E-state index >= 15 is 0 Å². The highest BCUT2D eigenvalue weighted by molar-refractivity contribution is 5.65. The zero-order chi connectivity index (χ0) is 15.9. The Morgan fingerprint density at radius 1 is 1.45 bits per heavy atom. The zero-order valence-electron chi connectivity index (χ0n) is 14.3. The largest absolute Gasteiger partial charge is 0.493 e. The second-order valence-electron chi connectivity index (χ2n) is 5.96. The van der Waals surface area contributed by atoms with E-state index in [0.29, 0.717) is 5.92 Å². The monoisotopic (exact) mass is 304 g/mol. The van der Waals surface area contributed by atoms with Gasteiger partial charge in [-0.05, 0) is 56.2 Å². The molecule has 0 fully saturated rings. The molecule has 0 N–H and O–H groups in total. The van der Waals surface area contributed by atoms with Crippen LogP contribution in [0.5, 0.6) is 5.75 Å². The van der Waals surface area contributed by atoms with Crippen molar-refractivity contribution < 1.29 is 9.47 Å². The molecule has 0 aromatic heterocycles. The molecule has 1 aromatic carbocycles. The Bertz CT molecular complexity index is 514. The summed E-state index contributed by atoms with van der Waals surface area (Å²) in [6.45, 7) is 6.81. The van der Waals surface area contributed by atoms with Crippen LogP contribution in [-0.4, -0.2) is 45.2 Å². The fraction of sp³-hybridized carbons (Fsp3) is 0.611. The number of benzene rings is 1. The van der Waals surface area contributed by atoms with Crippen LogP contribution in [0.15, 0.2) is 17.1 Å². The molecule has 1 atom stereocenters. The predicted octanol–water partition coefficient (Wildman–Crippen LogP) is 3.90. The molecule has 2 rings (SSSR count). The van der Waals surface area contributed by atoms with Crippen molar-refractivity contribution in [2.24, 2.45) is 4.99 Å². The van der Waals surface area contributed by atoms with Crippen molar-refractivity contribution in [1.29, 1.82) is 0 Å². The molecule has 22 heavy (non-hydrogen) atoms. The van der Waals surface area contributed by atoms with Gasteiger partial charge in [0.05, 0.1) is 18.6 Å². The lowest BCUT2D eigenvalue weighted by molar-refractivity contribution is 0.185. The molecule has 0 amide bonds. The minimum absolute atomic E-state index is 0.578. The Labute approximate surface area is 134 Å². The van der Waals surface area contributed by atoms with Gasteiger partial charge < -0.3 is 14.4 Å². The predicted molar refractivity (Wildman–Crippen MR) is 91.6 cm³/mol. The first-order valence-electron chi connectivity index (χ1n) is 8.16. The number of nitrogens with zero attached hydrogens (tertiary/aromatic N) is 2. The first kappa shape index (κ1) is 16.8. The minimum atomic E-state index is 0.578. The summed E-state index contributed by atoms with van der Waals surface area (Å²) < 4.78 is 11.0. The Morgan fingerprint density at radius 2 is 2.27 bits per heavy atom. The van der Waals surface area contributed by atoms with E-state index in [1.165, 1.54) is 11.1 Å². The van der Waals surface area contributed by atoms with Gasteiger partial charge in [-0.3, -0.25) is 0 Å². The molecule has 1 unspecified atom stereocenters. The summed E-state index contributed by atoms with van der Waals surface area (Å²) in [5.41, 5.74) is 3.54. The Hall–Kier alpha value is -1.55. The maximum atomic E-state index is 5.87. The van der Waals surface area contributed by atoms with Crippen LogP contribution < -0.4 is 4.74 Å². The van der Waals surface area contributed by atoms with Crippen LogP contribution in [0, 0.1) is 6.92 Å². The maximum Gasteiger partial charge on any atom is 0.124 e.